The molecule has 1 aliphatic heterocycles. The zero-order chi connectivity index (χ0) is 19.3. The van der Waals surface area contributed by atoms with Crippen LogP contribution in [0.5, 0.6) is 0 Å². The van der Waals surface area contributed by atoms with Gasteiger partial charge in [-0.3, -0.25) is 15.1 Å². The Bertz CT molecular complexity index is 961. The largest absolute Gasteiger partial charge is 0.335 e. The fourth-order valence-corrected chi connectivity index (χ4v) is 3.92. The summed E-state index contributed by atoms with van der Waals surface area (Å²) < 4.78 is 0. The monoisotopic (exact) mass is 393 g/mol. The third kappa shape index (κ3) is 4.17. The Hall–Kier alpha value is -3.26. The van der Waals surface area contributed by atoms with Crippen LogP contribution in [-0.2, 0) is 0 Å². The molecule has 7 nitrogen and oxygen atoms in total. The quantitative estimate of drug-likeness (QED) is 0.712. The van der Waals surface area contributed by atoms with Gasteiger partial charge in [-0.25, -0.2) is 9.78 Å². The zero-order valence-corrected chi connectivity index (χ0v) is 15.9. The molecule has 2 N–H and O–H groups in total. The lowest BCUT2D eigenvalue weighted by atomic mass is 10.2. The summed E-state index contributed by atoms with van der Waals surface area (Å²) in [6.45, 7) is 1.06. The molecule has 0 saturated carbocycles. The molecule has 1 saturated heterocycles. The van der Waals surface area contributed by atoms with Gasteiger partial charge in [0.1, 0.15) is 5.69 Å². The standard InChI is InChI=1S/C20H19N5O2S/c26-18(16-8-4-5-10-21-16)25-11-9-15(13-25)23-19(27)24-20-22-12-17(28-20)14-6-2-1-3-7-14/h1-8,10,12,15H,9,11,13H2,(H2,22,23,24,27)/t15-/m0/s1. The van der Waals surface area contributed by atoms with E-state index in [1.54, 1.807) is 35.5 Å². The van der Waals surface area contributed by atoms with E-state index in [-0.39, 0.29) is 18.0 Å². The number of likely N-dealkylation sites (tertiary alicyclic amines) is 1. The summed E-state index contributed by atoms with van der Waals surface area (Å²) in [6.07, 6.45) is 4.06. The smallest absolute Gasteiger partial charge is 0.321 e. The topological polar surface area (TPSA) is 87.2 Å². The summed E-state index contributed by atoms with van der Waals surface area (Å²) in [5.41, 5.74) is 1.48. The number of amides is 3. The summed E-state index contributed by atoms with van der Waals surface area (Å²) in [7, 11) is 0. The molecule has 1 aliphatic rings. The minimum Gasteiger partial charge on any atom is -0.335 e. The third-order valence-electron chi connectivity index (χ3n) is 4.48. The van der Waals surface area contributed by atoms with E-state index in [0.717, 1.165) is 10.4 Å². The number of nitrogens with one attached hydrogen (secondary N) is 2. The molecule has 2 aromatic heterocycles. The predicted octanol–water partition coefficient (Wildman–Crippen LogP) is 3.24. The summed E-state index contributed by atoms with van der Waals surface area (Å²) in [5, 5.41) is 6.23. The van der Waals surface area contributed by atoms with Crippen LogP contribution in [0.1, 0.15) is 16.9 Å². The summed E-state index contributed by atoms with van der Waals surface area (Å²) >= 11 is 1.42. The maximum atomic E-state index is 12.4. The number of aromatic nitrogens is 2. The molecule has 0 radical (unpaired) electrons. The Morgan fingerprint density at radius 1 is 1.07 bits per heavy atom. The van der Waals surface area contributed by atoms with Gasteiger partial charge in [0, 0.05) is 31.5 Å². The number of anilines is 1. The molecule has 1 aromatic carbocycles. The van der Waals surface area contributed by atoms with Crippen LogP contribution in [-0.4, -0.2) is 45.9 Å². The number of rotatable bonds is 4. The van der Waals surface area contributed by atoms with Crippen LogP contribution in [0, 0.1) is 0 Å². The second-order valence-corrected chi connectivity index (χ2v) is 7.48. The van der Waals surface area contributed by atoms with Crippen molar-refractivity contribution in [2.75, 3.05) is 18.4 Å². The van der Waals surface area contributed by atoms with Gasteiger partial charge in [-0.1, -0.05) is 47.7 Å². The van der Waals surface area contributed by atoms with E-state index in [0.29, 0.717) is 30.3 Å². The average Bonchev–Trinajstić information content (AvgIpc) is 3.38. The fraction of sp³-hybridized carbons (Fsp3) is 0.200. The van der Waals surface area contributed by atoms with Gasteiger partial charge in [-0.05, 0) is 24.1 Å². The molecule has 0 aliphatic carbocycles. The SMILES string of the molecule is O=C(Nc1ncc(-c2ccccc2)s1)N[C@H]1CCN(C(=O)c2ccccn2)C1. The third-order valence-corrected chi connectivity index (χ3v) is 5.44. The van der Waals surface area contributed by atoms with Gasteiger partial charge in [0.25, 0.3) is 5.91 Å². The summed E-state index contributed by atoms with van der Waals surface area (Å²) in [6, 6.07) is 14.7. The lowest BCUT2D eigenvalue weighted by Gasteiger charge is -2.16. The molecule has 1 atom stereocenters. The first-order valence-electron chi connectivity index (χ1n) is 8.98. The number of carbonyl (C=O) groups excluding carboxylic acids is 2. The van der Waals surface area contributed by atoms with Gasteiger partial charge in [-0.2, -0.15) is 0 Å². The maximum Gasteiger partial charge on any atom is 0.321 e. The molecule has 4 rings (SSSR count). The van der Waals surface area contributed by atoms with Crippen molar-refractivity contribution in [2.45, 2.75) is 12.5 Å². The van der Waals surface area contributed by atoms with Crippen LogP contribution >= 0.6 is 11.3 Å². The number of urea groups is 1. The van der Waals surface area contributed by atoms with Crippen LogP contribution < -0.4 is 10.6 Å². The van der Waals surface area contributed by atoms with Crippen LogP contribution in [0.25, 0.3) is 10.4 Å². The highest BCUT2D eigenvalue weighted by Crippen LogP contribution is 2.28. The molecule has 8 heteroatoms. The van der Waals surface area contributed by atoms with E-state index in [2.05, 4.69) is 20.6 Å². The summed E-state index contributed by atoms with van der Waals surface area (Å²) in [4.78, 5) is 35.8. The van der Waals surface area contributed by atoms with Crippen LogP contribution in [0.4, 0.5) is 9.93 Å². The van der Waals surface area contributed by atoms with E-state index in [9.17, 15) is 9.59 Å². The number of nitrogens with zero attached hydrogens (tertiary/aromatic N) is 3. The second kappa shape index (κ2) is 8.18. The van der Waals surface area contributed by atoms with Gasteiger partial charge in [0.2, 0.25) is 0 Å². The Morgan fingerprint density at radius 3 is 2.68 bits per heavy atom. The minimum absolute atomic E-state index is 0.0961. The Balaban J connectivity index is 1.30. The Kier molecular flexibility index (Phi) is 5.29. The number of carbonyl (C=O) groups is 2. The van der Waals surface area contributed by atoms with E-state index >= 15 is 0 Å². The van der Waals surface area contributed by atoms with Gasteiger partial charge in [0.15, 0.2) is 5.13 Å². The highest BCUT2D eigenvalue weighted by Gasteiger charge is 2.28. The lowest BCUT2D eigenvalue weighted by molar-refractivity contribution is 0.0783. The van der Waals surface area contributed by atoms with Crippen LogP contribution in [0.3, 0.4) is 0 Å². The first kappa shape index (κ1) is 18.1. The molecule has 0 bridgehead atoms. The van der Waals surface area contributed by atoms with Crippen molar-refractivity contribution in [3.63, 3.8) is 0 Å². The van der Waals surface area contributed by atoms with Gasteiger partial charge >= 0.3 is 6.03 Å². The van der Waals surface area contributed by atoms with Crippen molar-refractivity contribution < 1.29 is 9.59 Å². The number of hydrogen-bond acceptors (Lipinski definition) is 5. The maximum absolute atomic E-state index is 12.4. The molecular formula is C20H19N5O2S. The van der Waals surface area contributed by atoms with Crippen molar-refractivity contribution in [1.29, 1.82) is 0 Å². The van der Waals surface area contributed by atoms with Gasteiger partial charge in [0.05, 0.1) is 4.88 Å². The van der Waals surface area contributed by atoms with Crippen molar-refractivity contribution in [2.24, 2.45) is 0 Å². The Morgan fingerprint density at radius 2 is 1.89 bits per heavy atom. The molecule has 1 fully saturated rings. The normalized spacial score (nSPS) is 16.0. The minimum atomic E-state index is -0.314. The lowest BCUT2D eigenvalue weighted by Crippen LogP contribution is -2.40. The zero-order valence-electron chi connectivity index (χ0n) is 15.0. The average molecular weight is 393 g/mol. The van der Waals surface area contributed by atoms with Crippen molar-refractivity contribution in [1.82, 2.24) is 20.2 Å². The van der Waals surface area contributed by atoms with E-state index in [1.807, 2.05) is 30.3 Å². The molecule has 142 valence electrons. The Labute approximate surface area is 166 Å². The van der Waals surface area contributed by atoms with Crippen molar-refractivity contribution in [3.05, 3.63) is 66.6 Å². The van der Waals surface area contributed by atoms with Crippen molar-refractivity contribution in [3.8, 4) is 10.4 Å². The van der Waals surface area contributed by atoms with E-state index in [4.69, 9.17) is 0 Å². The number of hydrogen-bond donors (Lipinski definition) is 2. The molecule has 3 aromatic rings. The number of thiazole rings is 1. The predicted molar refractivity (Wildman–Crippen MR) is 108 cm³/mol. The number of pyridine rings is 1. The van der Waals surface area contributed by atoms with Gasteiger partial charge in [-0.15, -0.1) is 0 Å². The van der Waals surface area contributed by atoms with Crippen LogP contribution in [0.2, 0.25) is 0 Å². The molecular weight excluding hydrogens is 374 g/mol. The molecule has 0 spiro atoms. The van der Waals surface area contributed by atoms with Crippen LogP contribution in [0.15, 0.2) is 60.9 Å². The van der Waals surface area contributed by atoms with Crippen molar-refractivity contribution >= 4 is 28.4 Å². The molecule has 28 heavy (non-hydrogen) atoms. The van der Waals surface area contributed by atoms with E-state index in [1.165, 1.54) is 11.3 Å². The molecule has 0 unspecified atom stereocenters. The number of benzene rings is 1. The first-order chi connectivity index (χ1) is 13.7. The highest BCUT2D eigenvalue weighted by molar-refractivity contribution is 7.19. The molecule has 3 heterocycles. The summed E-state index contributed by atoms with van der Waals surface area (Å²) in [5.74, 6) is -0.113. The highest BCUT2D eigenvalue weighted by atomic mass is 32.1. The first-order valence-corrected chi connectivity index (χ1v) is 9.80. The molecule has 3 amide bonds. The fourth-order valence-electron chi connectivity index (χ4n) is 3.10. The van der Waals surface area contributed by atoms with Gasteiger partial charge < -0.3 is 10.2 Å². The second-order valence-electron chi connectivity index (χ2n) is 6.45. The van der Waals surface area contributed by atoms with E-state index < -0.39 is 0 Å².